The Morgan fingerprint density at radius 2 is 1.52 bits per heavy atom. The van der Waals surface area contributed by atoms with E-state index < -0.39 is 5.67 Å². The molecular formula is C19H41FN2O. The van der Waals surface area contributed by atoms with Crippen molar-refractivity contribution in [3.05, 3.63) is 0 Å². The summed E-state index contributed by atoms with van der Waals surface area (Å²) in [6.45, 7) is 13.8. The lowest BCUT2D eigenvalue weighted by Gasteiger charge is -2.39. The summed E-state index contributed by atoms with van der Waals surface area (Å²) in [6.07, 6.45) is 4.57. The molecule has 2 fully saturated rings. The second kappa shape index (κ2) is 13.1. The fourth-order valence-corrected chi connectivity index (χ4v) is 3.39. The molecule has 0 aromatic rings. The van der Waals surface area contributed by atoms with Crippen molar-refractivity contribution < 1.29 is 9.13 Å². The predicted molar refractivity (Wildman–Crippen MR) is 98.9 cm³/mol. The van der Waals surface area contributed by atoms with E-state index in [1.165, 1.54) is 12.8 Å². The molecule has 2 aliphatic rings. The van der Waals surface area contributed by atoms with Crippen LogP contribution in [-0.4, -0.2) is 69.0 Å². The van der Waals surface area contributed by atoms with Gasteiger partial charge in [-0.15, -0.1) is 0 Å². The first-order valence-electron chi connectivity index (χ1n) is 9.70. The highest BCUT2D eigenvalue weighted by molar-refractivity contribution is 4.89. The van der Waals surface area contributed by atoms with Crippen LogP contribution in [0, 0.1) is 5.92 Å². The average molecular weight is 333 g/mol. The van der Waals surface area contributed by atoms with Crippen LogP contribution in [-0.2, 0) is 4.74 Å². The molecule has 0 unspecified atom stereocenters. The van der Waals surface area contributed by atoms with Crippen LogP contribution in [0.4, 0.5) is 4.39 Å². The van der Waals surface area contributed by atoms with Gasteiger partial charge in [-0.25, -0.2) is 4.39 Å². The molecule has 4 heteroatoms. The minimum atomic E-state index is -0.899. The Labute approximate surface area is 144 Å². The summed E-state index contributed by atoms with van der Waals surface area (Å²) in [7, 11) is 3.89. The monoisotopic (exact) mass is 332 g/mol. The number of alkyl halides is 1. The molecule has 2 rings (SSSR count). The molecule has 0 aliphatic carbocycles. The molecule has 2 heterocycles. The molecule has 0 saturated carbocycles. The number of hydrogen-bond donors (Lipinski definition) is 0. The molecule has 0 aromatic carbocycles. The highest BCUT2D eigenvalue weighted by Crippen LogP contribution is 2.36. The maximum Gasteiger partial charge on any atom is 0.113 e. The summed E-state index contributed by atoms with van der Waals surface area (Å²) in [5.41, 5.74) is -0.899. The second-order valence-corrected chi connectivity index (χ2v) is 6.44. The van der Waals surface area contributed by atoms with E-state index >= 15 is 0 Å². The van der Waals surface area contributed by atoms with Gasteiger partial charge in [0.15, 0.2) is 0 Å². The maximum absolute atomic E-state index is 14.9. The number of nitrogens with zero attached hydrogens (tertiary/aromatic N) is 2. The molecule has 2 saturated heterocycles. The second-order valence-electron chi connectivity index (χ2n) is 6.44. The molecular weight excluding hydrogens is 291 g/mol. The molecule has 23 heavy (non-hydrogen) atoms. The Hall–Kier alpha value is -0.190. The Morgan fingerprint density at radius 1 is 1.00 bits per heavy atom. The Bertz CT molecular complexity index is 260. The van der Waals surface area contributed by atoms with E-state index in [0.29, 0.717) is 18.8 Å². The van der Waals surface area contributed by atoms with Gasteiger partial charge >= 0.3 is 0 Å². The standard InChI is InChI=1S/C15H29FN2O.2C2H6/c1-17-7-3-14(4-8-17)13-15(16)5-9-18(10-6-15)11-12-19-2;2*1-2/h14H,3-13H2,1-2H3;2*1-2H3. The van der Waals surface area contributed by atoms with Crippen molar-refractivity contribution in [3.8, 4) is 0 Å². The first-order valence-corrected chi connectivity index (χ1v) is 9.70. The summed E-state index contributed by atoms with van der Waals surface area (Å²) < 4.78 is 20.0. The van der Waals surface area contributed by atoms with Crippen molar-refractivity contribution in [2.45, 2.75) is 65.5 Å². The third-order valence-electron chi connectivity index (χ3n) is 4.86. The van der Waals surface area contributed by atoms with E-state index in [1.54, 1.807) is 7.11 Å². The number of methoxy groups -OCH3 is 1. The Kier molecular flexibility index (Phi) is 13.0. The summed E-state index contributed by atoms with van der Waals surface area (Å²) >= 11 is 0. The van der Waals surface area contributed by atoms with Crippen molar-refractivity contribution in [2.75, 3.05) is 53.5 Å². The summed E-state index contributed by atoms with van der Waals surface area (Å²) in [6, 6.07) is 0. The molecule has 0 atom stereocenters. The number of ether oxygens (including phenoxy) is 1. The van der Waals surface area contributed by atoms with Gasteiger partial charge in [-0.3, -0.25) is 0 Å². The molecule has 0 spiro atoms. The van der Waals surface area contributed by atoms with Gasteiger partial charge in [-0.2, -0.15) is 0 Å². The first-order chi connectivity index (χ1) is 11.1. The van der Waals surface area contributed by atoms with Crippen LogP contribution in [0.25, 0.3) is 0 Å². The normalized spacial score (nSPS) is 22.6. The summed E-state index contributed by atoms with van der Waals surface area (Å²) in [4.78, 5) is 4.69. The van der Waals surface area contributed by atoms with Crippen LogP contribution in [0.1, 0.15) is 59.8 Å². The number of hydrogen-bond acceptors (Lipinski definition) is 3. The molecule has 3 nitrogen and oxygen atoms in total. The molecule has 140 valence electrons. The van der Waals surface area contributed by atoms with Crippen molar-refractivity contribution in [2.24, 2.45) is 5.92 Å². The fourth-order valence-electron chi connectivity index (χ4n) is 3.39. The van der Waals surface area contributed by atoms with Gasteiger partial charge < -0.3 is 14.5 Å². The zero-order chi connectivity index (χ0) is 17.7. The largest absolute Gasteiger partial charge is 0.383 e. The third-order valence-corrected chi connectivity index (χ3v) is 4.86. The zero-order valence-corrected chi connectivity index (χ0v) is 16.5. The number of halogens is 1. The van der Waals surface area contributed by atoms with E-state index in [1.807, 2.05) is 27.7 Å². The maximum atomic E-state index is 14.9. The molecule has 0 N–H and O–H groups in total. The summed E-state index contributed by atoms with van der Waals surface area (Å²) in [5, 5.41) is 0. The molecule has 0 radical (unpaired) electrons. The molecule has 0 amide bonds. The quantitative estimate of drug-likeness (QED) is 0.749. The lowest BCUT2D eigenvalue weighted by atomic mass is 9.80. The summed E-state index contributed by atoms with van der Waals surface area (Å²) in [5.74, 6) is 0.603. The molecule has 0 aromatic heterocycles. The molecule has 0 bridgehead atoms. The Morgan fingerprint density at radius 3 is 2.00 bits per heavy atom. The SMILES string of the molecule is CC.CC.COCCN1CCC(F)(CC2CCN(C)CC2)CC1. The van der Waals surface area contributed by atoms with Crippen LogP contribution in [0.5, 0.6) is 0 Å². The van der Waals surface area contributed by atoms with E-state index in [0.717, 1.165) is 45.8 Å². The predicted octanol–water partition coefficient (Wildman–Crippen LogP) is 4.22. The van der Waals surface area contributed by atoms with Crippen LogP contribution in [0.15, 0.2) is 0 Å². The lowest BCUT2D eigenvalue weighted by molar-refractivity contribution is 0.0199. The van der Waals surface area contributed by atoms with Gasteiger partial charge in [0, 0.05) is 26.7 Å². The zero-order valence-electron chi connectivity index (χ0n) is 16.5. The highest BCUT2D eigenvalue weighted by atomic mass is 19.1. The van der Waals surface area contributed by atoms with Crippen molar-refractivity contribution in [1.82, 2.24) is 9.80 Å². The smallest absolute Gasteiger partial charge is 0.113 e. The Balaban J connectivity index is 0.00000112. The van der Waals surface area contributed by atoms with Gasteiger partial charge in [0.2, 0.25) is 0 Å². The van der Waals surface area contributed by atoms with Crippen LogP contribution in [0.3, 0.4) is 0 Å². The number of rotatable bonds is 5. The van der Waals surface area contributed by atoms with Gasteiger partial charge in [0.05, 0.1) is 6.61 Å². The highest BCUT2D eigenvalue weighted by Gasteiger charge is 2.37. The van der Waals surface area contributed by atoms with Crippen molar-refractivity contribution in [3.63, 3.8) is 0 Å². The molecule has 2 aliphatic heterocycles. The van der Waals surface area contributed by atoms with Gasteiger partial charge in [-0.05, 0) is 58.2 Å². The fraction of sp³-hybridized carbons (Fsp3) is 1.00. The van der Waals surface area contributed by atoms with Gasteiger partial charge in [0.25, 0.3) is 0 Å². The van der Waals surface area contributed by atoms with Crippen LogP contribution in [0.2, 0.25) is 0 Å². The van der Waals surface area contributed by atoms with Gasteiger partial charge in [-0.1, -0.05) is 27.7 Å². The van der Waals surface area contributed by atoms with Crippen LogP contribution < -0.4 is 0 Å². The number of piperidine rings is 2. The van der Waals surface area contributed by atoms with Crippen molar-refractivity contribution in [1.29, 1.82) is 0 Å². The van der Waals surface area contributed by atoms with Crippen molar-refractivity contribution >= 4 is 0 Å². The average Bonchev–Trinajstić information content (AvgIpc) is 2.60. The minimum Gasteiger partial charge on any atom is -0.383 e. The number of likely N-dealkylation sites (tertiary alicyclic amines) is 2. The lowest BCUT2D eigenvalue weighted by Crippen LogP contribution is -2.44. The van der Waals surface area contributed by atoms with Crippen LogP contribution >= 0.6 is 0 Å². The van der Waals surface area contributed by atoms with E-state index in [4.69, 9.17) is 4.74 Å². The van der Waals surface area contributed by atoms with Gasteiger partial charge in [0.1, 0.15) is 5.67 Å². The van der Waals surface area contributed by atoms with E-state index in [9.17, 15) is 4.39 Å². The first kappa shape index (κ1) is 22.8. The van der Waals surface area contributed by atoms with E-state index in [2.05, 4.69) is 16.8 Å². The minimum absolute atomic E-state index is 0.603. The third kappa shape index (κ3) is 9.02. The van der Waals surface area contributed by atoms with E-state index in [-0.39, 0.29) is 0 Å². The topological polar surface area (TPSA) is 15.7 Å².